The summed E-state index contributed by atoms with van der Waals surface area (Å²) in [5.74, 6) is 0. The van der Waals surface area contributed by atoms with Crippen molar-refractivity contribution < 1.29 is 9.47 Å². The number of ether oxygens (including phenoxy) is 2. The summed E-state index contributed by atoms with van der Waals surface area (Å²) in [5, 5.41) is 4.26. The van der Waals surface area contributed by atoms with E-state index in [0.29, 0.717) is 6.61 Å². The maximum atomic E-state index is 5.87. The molecule has 2 rings (SSSR count). The summed E-state index contributed by atoms with van der Waals surface area (Å²) in [6.07, 6.45) is 0.111. The molecule has 0 saturated carbocycles. The fourth-order valence-electron chi connectivity index (χ4n) is 2.23. The van der Waals surface area contributed by atoms with Crippen molar-refractivity contribution >= 4 is 11.3 Å². The average molecular weight is 285 g/mol. The van der Waals surface area contributed by atoms with Crippen molar-refractivity contribution in [1.82, 2.24) is 15.2 Å². The van der Waals surface area contributed by atoms with E-state index in [2.05, 4.69) is 17.1 Å². The van der Waals surface area contributed by atoms with Crippen LogP contribution in [-0.2, 0) is 22.6 Å². The van der Waals surface area contributed by atoms with Crippen LogP contribution in [0, 0.1) is 0 Å². The summed E-state index contributed by atoms with van der Waals surface area (Å²) >= 11 is 1.74. The lowest BCUT2D eigenvalue weighted by Crippen LogP contribution is -2.38. The minimum atomic E-state index is 0.111. The molecule has 108 valence electrons. The van der Waals surface area contributed by atoms with Gasteiger partial charge in [-0.05, 0) is 13.6 Å². The van der Waals surface area contributed by atoms with Crippen LogP contribution in [0.5, 0.6) is 0 Å². The minimum Gasteiger partial charge on any atom is -0.378 e. The number of hydrogen-bond acceptors (Lipinski definition) is 6. The van der Waals surface area contributed by atoms with Gasteiger partial charge in [0.25, 0.3) is 0 Å². The van der Waals surface area contributed by atoms with Crippen LogP contribution in [0.1, 0.15) is 28.6 Å². The summed E-state index contributed by atoms with van der Waals surface area (Å²) in [5.41, 5.74) is 1.04. The molecular formula is C13H23N3O2S. The van der Waals surface area contributed by atoms with Crippen LogP contribution < -0.4 is 5.32 Å². The zero-order chi connectivity index (χ0) is 13.7. The third kappa shape index (κ3) is 3.73. The van der Waals surface area contributed by atoms with Gasteiger partial charge in [0.1, 0.15) is 11.1 Å². The Morgan fingerprint density at radius 1 is 1.58 bits per heavy atom. The topological polar surface area (TPSA) is 46.6 Å². The van der Waals surface area contributed by atoms with Gasteiger partial charge in [-0.1, -0.05) is 6.92 Å². The Bertz CT molecular complexity index is 374. The Morgan fingerprint density at radius 3 is 3.11 bits per heavy atom. The first-order valence-corrected chi connectivity index (χ1v) is 7.56. The molecule has 1 saturated heterocycles. The van der Waals surface area contributed by atoms with Gasteiger partial charge in [-0.15, -0.1) is 11.3 Å². The molecule has 0 bridgehead atoms. The van der Waals surface area contributed by atoms with Crippen molar-refractivity contribution in [2.75, 3.05) is 40.4 Å². The van der Waals surface area contributed by atoms with Crippen molar-refractivity contribution in [2.24, 2.45) is 0 Å². The molecule has 6 heteroatoms. The Morgan fingerprint density at radius 2 is 2.42 bits per heavy atom. The van der Waals surface area contributed by atoms with Crippen molar-refractivity contribution in [3.63, 3.8) is 0 Å². The molecule has 19 heavy (non-hydrogen) atoms. The SMILES string of the molecule is CCN1CCOC(c2nc(COC)c(CNC)s2)C1. The lowest BCUT2D eigenvalue weighted by Gasteiger charge is -2.30. The van der Waals surface area contributed by atoms with E-state index in [1.54, 1.807) is 18.4 Å². The molecule has 1 atom stereocenters. The largest absolute Gasteiger partial charge is 0.378 e. The van der Waals surface area contributed by atoms with E-state index < -0.39 is 0 Å². The van der Waals surface area contributed by atoms with Crippen LogP contribution in [0.15, 0.2) is 0 Å². The zero-order valence-corrected chi connectivity index (χ0v) is 12.8. The molecular weight excluding hydrogens is 262 g/mol. The first kappa shape index (κ1) is 14.9. The lowest BCUT2D eigenvalue weighted by molar-refractivity contribution is -0.0283. The third-order valence-electron chi connectivity index (χ3n) is 3.29. The van der Waals surface area contributed by atoms with Crippen LogP contribution in [0.2, 0.25) is 0 Å². The molecule has 0 spiro atoms. The highest BCUT2D eigenvalue weighted by molar-refractivity contribution is 7.11. The van der Waals surface area contributed by atoms with E-state index in [4.69, 9.17) is 14.5 Å². The van der Waals surface area contributed by atoms with Crippen molar-refractivity contribution in [1.29, 1.82) is 0 Å². The van der Waals surface area contributed by atoms with E-state index in [9.17, 15) is 0 Å². The molecule has 1 aliphatic heterocycles. The van der Waals surface area contributed by atoms with Gasteiger partial charge in [-0.3, -0.25) is 4.90 Å². The first-order chi connectivity index (χ1) is 9.28. The number of likely N-dealkylation sites (N-methyl/N-ethyl adjacent to an activating group) is 1. The summed E-state index contributed by atoms with van der Waals surface area (Å²) in [6, 6.07) is 0. The van der Waals surface area contributed by atoms with Crippen LogP contribution in [0.4, 0.5) is 0 Å². The summed E-state index contributed by atoms with van der Waals surface area (Å²) in [7, 11) is 3.66. The van der Waals surface area contributed by atoms with E-state index in [1.165, 1.54) is 4.88 Å². The molecule has 0 radical (unpaired) electrons. The molecule has 2 heterocycles. The number of rotatable bonds is 6. The smallest absolute Gasteiger partial charge is 0.124 e. The van der Waals surface area contributed by atoms with Crippen molar-refractivity contribution in [2.45, 2.75) is 26.2 Å². The molecule has 1 aromatic rings. The summed E-state index contributed by atoms with van der Waals surface area (Å²) in [4.78, 5) is 8.37. The standard InChI is InChI=1S/C13H23N3O2S/c1-4-16-5-6-18-11(8-16)13-15-10(9-17-3)12(19-13)7-14-2/h11,14H,4-9H2,1-3H3. The molecule has 1 unspecified atom stereocenters. The highest BCUT2D eigenvalue weighted by Crippen LogP contribution is 2.29. The minimum absolute atomic E-state index is 0.111. The summed E-state index contributed by atoms with van der Waals surface area (Å²) < 4.78 is 11.1. The number of morpholine rings is 1. The quantitative estimate of drug-likeness (QED) is 0.856. The van der Waals surface area contributed by atoms with E-state index in [1.807, 2.05) is 7.05 Å². The van der Waals surface area contributed by atoms with E-state index in [-0.39, 0.29) is 6.10 Å². The fourth-order valence-corrected chi connectivity index (χ4v) is 3.35. The molecule has 1 fully saturated rings. The Balaban J connectivity index is 2.12. The number of thiazole rings is 1. The van der Waals surface area contributed by atoms with Gasteiger partial charge in [-0.2, -0.15) is 0 Å². The average Bonchev–Trinajstić information content (AvgIpc) is 2.83. The predicted octanol–water partition coefficient (Wildman–Crippen LogP) is 1.40. The van der Waals surface area contributed by atoms with Crippen LogP contribution in [-0.4, -0.2) is 50.3 Å². The van der Waals surface area contributed by atoms with Gasteiger partial charge in [-0.25, -0.2) is 4.98 Å². The normalized spacial score (nSPS) is 20.9. The first-order valence-electron chi connectivity index (χ1n) is 6.74. The highest BCUT2D eigenvalue weighted by atomic mass is 32.1. The molecule has 0 amide bonds. The fraction of sp³-hybridized carbons (Fsp3) is 0.769. The zero-order valence-electron chi connectivity index (χ0n) is 11.9. The van der Waals surface area contributed by atoms with E-state index in [0.717, 1.165) is 43.5 Å². The second-order valence-electron chi connectivity index (χ2n) is 4.64. The van der Waals surface area contributed by atoms with E-state index >= 15 is 0 Å². The second-order valence-corrected chi connectivity index (χ2v) is 5.75. The Kier molecular flexibility index (Phi) is 5.72. The maximum absolute atomic E-state index is 5.87. The second kappa shape index (κ2) is 7.31. The van der Waals surface area contributed by atoms with Gasteiger partial charge < -0.3 is 14.8 Å². The van der Waals surface area contributed by atoms with Gasteiger partial charge >= 0.3 is 0 Å². The molecule has 1 aromatic heterocycles. The lowest BCUT2D eigenvalue weighted by atomic mass is 10.3. The Labute approximate surface area is 118 Å². The monoisotopic (exact) mass is 285 g/mol. The van der Waals surface area contributed by atoms with Gasteiger partial charge in [0, 0.05) is 31.6 Å². The molecule has 0 aliphatic carbocycles. The van der Waals surface area contributed by atoms with Crippen molar-refractivity contribution in [3.8, 4) is 0 Å². The van der Waals surface area contributed by atoms with Gasteiger partial charge in [0.05, 0.1) is 18.9 Å². The Hall–Kier alpha value is -0.530. The van der Waals surface area contributed by atoms with Crippen molar-refractivity contribution in [3.05, 3.63) is 15.6 Å². The number of nitrogens with one attached hydrogen (secondary N) is 1. The van der Waals surface area contributed by atoms with Gasteiger partial charge in [0.2, 0.25) is 0 Å². The van der Waals surface area contributed by atoms with Crippen LogP contribution in [0.25, 0.3) is 0 Å². The molecule has 0 aromatic carbocycles. The van der Waals surface area contributed by atoms with Gasteiger partial charge in [0.15, 0.2) is 0 Å². The number of hydrogen-bond donors (Lipinski definition) is 1. The number of aromatic nitrogens is 1. The third-order valence-corrected chi connectivity index (χ3v) is 4.48. The molecule has 1 aliphatic rings. The van der Waals surface area contributed by atoms with Crippen LogP contribution in [0.3, 0.4) is 0 Å². The predicted molar refractivity (Wildman–Crippen MR) is 76.4 cm³/mol. The number of nitrogens with zero attached hydrogens (tertiary/aromatic N) is 2. The maximum Gasteiger partial charge on any atom is 0.124 e. The summed E-state index contributed by atoms with van der Waals surface area (Å²) in [6.45, 7) is 7.41. The highest BCUT2D eigenvalue weighted by Gasteiger charge is 2.25. The number of methoxy groups -OCH3 is 1. The van der Waals surface area contributed by atoms with Crippen LogP contribution >= 0.6 is 11.3 Å². The molecule has 1 N–H and O–H groups in total. The molecule has 5 nitrogen and oxygen atoms in total.